The normalized spacial score (nSPS) is 16.0. The molecule has 1 aliphatic carbocycles. The first kappa shape index (κ1) is 13.4. The minimum Gasteiger partial charge on any atom is -0.486 e. The molecular formula is C17H19N3O2. The lowest BCUT2D eigenvalue weighted by Gasteiger charge is -2.21. The molecule has 5 nitrogen and oxygen atoms in total. The molecule has 1 aliphatic heterocycles. The molecular weight excluding hydrogens is 278 g/mol. The molecule has 0 radical (unpaired) electrons. The molecule has 0 atom stereocenters. The van der Waals surface area contributed by atoms with E-state index in [-0.39, 0.29) is 0 Å². The van der Waals surface area contributed by atoms with Gasteiger partial charge in [-0.05, 0) is 43.4 Å². The molecule has 0 bridgehead atoms. The van der Waals surface area contributed by atoms with Crippen LogP contribution in [0.5, 0.6) is 11.5 Å². The lowest BCUT2D eigenvalue weighted by Crippen LogP contribution is -2.17. The van der Waals surface area contributed by atoms with Gasteiger partial charge in [-0.2, -0.15) is 5.10 Å². The van der Waals surface area contributed by atoms with Crippen molar-refractivity contribution in [1.82, 2.24) is 10.2 Å². The molecule has 5 heteroatoms. The van der Waals surface area contributed by atoms with Gasteiger partial charge in [-0.15, -0.1) is 5.10 Å². The van der Waals surface area contributed by atoms with Gasteiger partial charge in [0.1, 0.15) is 19.0 Å². The molecule has 0 fully saturated rings. The average molecular weight is 297 g/mol. The van der Waals surface area contributed by atoms with Crippen LogP contribution < -0.4 is 14.8 Å². The molecule has 114 valence electrons. The molecule has 0 spiro atoms. The highest BCUT2D eigenvalue weighted by Gasteiger charge is 2.16. The fourth-order valence-corrected chi connectivity index (χ4v) is 3.04. The fraction of sp³-hybridized carbons (Fsp3) is 0.412. The maximum absolute atomic E-state index is 5.73. The van der Waals surface area contributed by atoms with Gasteiger partial charge in [0.15, 0.2) is 11.5 Å². The summed E-state index contributed by atoms with van der Waals surface area (Å²) in [6.07, 6.45) is 4.63. The number of hydrogen-bond acceptors (Lipinski definition) is 5. The van der Waals surface area contributed by atoms with E-state index in [2.05, 4.69) is 21.6 Å². The molecule has 1 N–H and O–H groups in total. The molecule has 4 rings (SSSR count). The first-order valence-electron chi connectivity index (χ1n) is 7.87. The zero-order chi connectivity index (χ0) is 14.8. The molecule has 0 amide bonds. The standard InChI is InChI=1S/C17H19N3O2/c1-2-6-14-12(4-1)10-16(20-19-14)18-11-13-5-3-7-15-17(13)22-9-8-21-15/h3,5,7,10H,1-2,4,6,8-9,11H2,(H,18,20). The summed E-state index contributed by atoms with van der Waals surface area (Å²) in [5.74, 6) is 2.49. The molecule has 2 heterocycles. The van der Waals surface area contributed by atoms with Crippen LogP contribution in [0.3, 0.4) is 0 Å². The molecule has 1 aromatic carbocycles. The number of nitrogens with one attached hydrogen (secondary N) is 1. The van der Waals surface area contributed by atoms with Crippen LogP contribution in [0.4, 0.5) is 5.82 Å². The topological polar surface area (TPSA) is 56.3 Å². The molecule has 0 saturated heterocycles. The second-order valence-electron chi connectivity index (χ2n) is 5.70. The fourth-order valence-electron chi connectivity index (χ4n) is 3.04. The molecule has 2 aliphatic rings. The van der Waals surface area contributed by atoms with Gasteiger partial charge in [-0.25, -0.2) is 0 Å². The monoisotopic (exact) mass is 297 g/mol. The lowest BCUT2D eigenvalue weighted by atomic mass is 9.97. The summed E-state index contributed by atoms with van der Waals surface area (Å²) in [6.45, 7) is 1.86. The maximum Gasteiger partial charge on any atom is 0.166 e. The number of aromatic nitrogens is 2. The molecule has 2 aromatic rings. The second kappa shape index (κ2) is 5.83. The minimum atomic E-state index is 0.600. The highest BCUT2D eigenvalue weighted by Crippen LogP contribution is 2.34. The number of anilines is 1. The number of hydrogen-bond donors (Lipinski definition) is 1. The van der Waals surface area contributed by atoms with Crippen LogP contribution in [-0.2, 0) is 19.4 Å². The highest BCUT2D eigenvalue weighted by atomic mass is 16.6. The van der Waals surface area contributed by atoms with E-state index >= 15 is 0 Å². The van der Waals surface area contributed by atoms with Crippen LogP contribution in [0.15, 0.2) is 24.3 Å². The van der Waals surface area contributed by atoms with E-state index in [1.165, 1.54) is 18.4 Å². The Balaban J connectivity index is 1.51. The summed E-state index contributed by atoms with van der Waals surface area (Å²) in [5, 5.41) is 12.0. The van der Waals surface area contributed by atoms with Crippen LogP contribution in [0.1, 0.15) is 29.7 Å². The third-order valence-electron chi connectivity index (χ3n) is 4.18. The van der Waals surface area contributed by atoms with E-state index in [1.807, 2.05) is 18.2 Å². The van der Waals surface area contributed by atoms with Crippen LogP contribution in [-0.4, -0.2) is 23.4 Å². The van der Waals surface area contributed by atoms with Gasteiger partial charge in [-0.1, -0.05) is 12.1 Å². The summed E-state index contributed by atoms with van der Waals surface area (Å²) < 4.78 is 11.3. The van der Waals surface area contributed by atoms with E-state index in [1.54, 1.807) is 0 Å². The predicted molar refractivity (Wildman–Crippen MR) is 83.4 cm³/mol. The SMILES string of the molecule is c1cc(CNc2cc3c(nn2)CCCC3)c2c(c1)OCCO2. The Bertz CT molecular complexity index is 688. The predicted octanol–water partition coefficient (Wildman–Crippen LogP) is 2.74. The van der Waals surface area contributed by atoms with Crippen molar-refractivity contribution in [2.75, 3.05) is 18.5 Å². The summed E-state index contributed by atoms with van der Waals surface area (Å²) >= 11 is 0. The number of fused-ring (bicyclic) bond motifs is 2. The number of benzene rings is 1. The zero-order valence-electron chi connectivity index (χ0n) is 12.5. The highest BCUT2D eigenvalue weighted by molar-refractivity contribution is 5.49. The van der Waals surface area contributed by atoms with Crippen LogP contribution >= 0.6 is 0 Å². The summed E-state index contributed by atoms with van der Waals surface area (Å²) in [6, 6.07) is 8.11. The van der Waals surface area contributed by atoms with Gasteiger partial charge in [0.2, 0.25) is 0 Å². The van der Waals surface area contributed by atoms with Crippen molar-refractivity contribution in [3.05, 3.63) is 41.1 Å². The van der Waals surface area contributed by atoms with E-state index in [0.717, 1.165) is 41.4 Å². The molecule has 1 aromatic heterocycles. The third-order valence-corrected chi connectivity index (χ3v) is 4.18. The second-order valence-corrected chi connectivity index (χ2v) is 5.70. The minimum absolute atomic E-state index is 0.600. The molecule has 22 heavy (non-hydrogen) atoms. The van der Waals surface area contributed by atoms with Gasteiger partial charge in [0.05, 0.1) is 5.69 Å². The van der Waals surface area contributed by atoms with Crippen molar-refractivity contribution in [2.45, 2.75) is 32.2 Å². The van der Waals surface area contributed by atoms with E-state index in [0.29, 0.717) is 19.8 Å². The Labute approximate surface area is 129 Å². The van der Waals surface area contributed by atoms with E-state index in [4.69, 9.17) is 9.47 Å². The number of aryl methyl sites for hydroxylation is 2. The smallest absolute Gasteiger partial charge is 0.166 e. The van der Waals surface area contributed by atoms with Gasteiger partial charge in [0, 0.05) is 12.1 Å². The van der Waals surface area contributed by atoms with Crippen LogP contribution in [0.25, 0.3) is 0 Å². The Kier molecular flexibility index (Phi) is 3.54. The Hall–Kier alpha value is -2.30. The van der Waals surface area contributed by atoms with E-state index < -0.39 is 0 Å². The number of para-hydroxylation sites is 1. The lowest BCUT2D eigenvalue weighted by molar-refractivity contribution is 0.170. The van der Waals surface area contributed by atoms with Gasteiger partial charge in [-0.3, -0.25) is 0 Å². The Morgan fingerprint density at radius 1 is 1.05 bits per heavy atom. The van der Waals surface area contributed by atoms with Gasteiger partial charge in [0.25, 0.3) is 0 Å². The van der Waals surface area contributed by atoms with Crippen molar-refractivity contribution >= 4 is 5.82 Å². The molecule has 0 unspecified atom stereocenters. The van der Waals surface area contributed by atoms with E-state index in [9.17, 15) is 0 Å². The Morgan fingerprint density at radius 3 is 2.95 bits per heavy atom. The number of rotatable bonds is 3. The average Bonchev–Trinajstić information content (AvgIpc) is 2.60. The van der Waals surface area contributed by atoms with Crippen molar-refractivity contribution in [3.8, 4) is 11.5 Å². The first-order chi connectivity index (χ1) is 10.9. The van der Waals surface area contributed by atoms with Gasteiger partial charge >= 0.3 is 0 Å². The quantitative estimate of drug-likeness (QED) is 0.944. The van der Waals surface area contributed by atoms with Crippen molar-refractivity contribution in [2.24, 2.45) is 0 Å². The van der Waals surface area contributed by atoms with Crippen LogP contribution in [0.2, 0.25) is 0 Å². The van der Waals surface area contributed by atoms with Crippen molar-refractivity contribution in [1.29, 1.82) is 0 Å². The maximum atomic E-state index is 5.73. The van der Waals surface area contributed by atoms with Crippen molar-refractivity contribution < 1.29 is 9.47 Å². The zero-order valence-corrected chi connectivity index (χ0v) is 12.5. The molecule has 0 saturated carbocycles. The Morgan fingerprint density at radius 2 is 1.95 bits per heavy atom. The van der Waals surface area contributed by atoms with Crippen molar-refractivity contribution in [3.63, 3.8) is 0 Å². The van der Waals surface area contributed by atoms with Crippen LogP contribution in [0, 0.1) is 0 Å². The third kappa shape index (κ3) is 2.58. The largest absolute Gasteiger partial charge is 0.486 e. The number of nitrogens with zero attached hydrogens (tertiary/aromatic N) is 2. The van der Waals surface area contributed by atoms with Gasteiger partial charge < -0.3 is 14.8 Å². The summed E-state index contributed by atoms with van der Waals surface area (Å²) in [5.41, 5.74) is 3.57. The first-order valence-corrected chi connectivity index (χ1v) is 7.87. The number of ether oxygens (including phenoxy) is 2. The summed E-state index contributed by atoms with van der Waals surface area (Å²) in [7, 11) is 0. The summed E-state index contributed by atoms with van der Waals surface area (Å²) in [4.78, 5) is 0.